The summed E-state index contributed by atoms with van der Waals surface area (Å²) in [5.41, 5.74) is -0.484. The van der Waals surface area contributed by atoms with Crippen molar-refractivity contribution in [3.63, 3.8) is 0 Å². The molecule has 0 spiro atoms. The fourth-order valence-electron chi connectivity index (χ4n) is 0.883. The number of aliphatic hydroxyl groups is 1. The van der Waals surface area contributed by atoms with Gasteiger partial charge >= 0.3 is 5.97 Å². The molecule has 0 aliphatic heterocycles. The van der Waals surface area contributed by atoms with Crippen molar-refractivity contribution in [1.82, 2.24) is 0 Å². The summed E-state index contributed by atoms with van der Waals surface area (Å²) in [6.45, 7) is 5.61. The fraction of sp³-hybridized carbons (Fsp3) is 0.889. The van der Waals surface area contributed by atoms with E-state index in [1.807, 2.05) is 13.8 Å². The van der Waals surface area contributed by atoms with Crippen molar-refractivity contribution < 1.29 is 14.6 Å². The minimum absolute atomic E-state index is 0.0569. The maximum Gasteiger partial charge on any atom is 0.306 e. The first-order chi connectivity index (χ1) is 5.58. The molecule has 0 aromatic heterocycles. The normalized spacial score (nSPS) is 15.3. The molecule has 0 rings (SSSR count). The lowest BCUT2D eigenvalue weighted by Gasteiger charge is -2.27. The molecule has 0 aliphatic carbocycles. The maximum atomic E-state index is 11.0. The van der Waals surface area contributed by atoms with Crippen LogP contribution in [-0.2, 0) is 9.53 Å². The third kappa shape index (κ3) is 3.72. The lowest BCUT2D eigenvalue weighted by Crippen LogP contribution is -2.31. The number of carbonyl (C=O) groups excluding carboxylic acids is 1. The van der Waals surface area contributed by atoms with Crippen LogP contribution in [0.3, 0.4) is 0 Å². The summed E-state index contributed by atoms with van der Waals surface area (Å²) in [6, 6.07) is 0. The zero-order valence-corrected chi connectivity index (χ0v) is 8.09. The van der Waals surface area contributed by atoms with Crippen LogP contribution in [0.15, 0.2) is 0 Å². The molecule has 0 bridgehead atoms. The summed E-state index contributed by atoms with van der Waals surface area (Å²) in [6.07, 6.45) is 1.63. The van der Waals surface area contributed by atoms with E-state index in [1.54, 1.807) is 6.92 Å². The summed E-state index contributed by atoms with van der Waals surface area (Å²) in [7, 11) is 0. The van der Waals surface area contributed by atoms with Gasteiger partial charge in [-0.1, -0.05) is 13.8 Å². The van der Waals surface area contributed by atoms with E-state index in [-0.39, 0.29) is 12.6 Å². The molecule has 3 nitrogen and oxygen atoms in total. The molecular formula is C9H18O3. The lowest BCUT2D eigenvalue weighted by molar-refractivity contribution is -0.159. The first-order valence-electron chi connectivity index (χ1n) is 4.40. The van der Waals surface area contributed by atoms with E-state index < -0.39 is 5.60 Å². The van der Waals surface area contributed by atoms with Gasteiger partial charge in [-0.2, -0.15) is 0 Å². The molecule has 0 aromatic carbocycles. The Morgan fingerprint density at radius 2 is 2.08 bits per heavy atom. The van der Waals surface area contributed by atoms with Gasteiger partial charge in [-0.05, 0) is 13.3 Å². The monoisotopic (exact) mass is 174 g/mol. The number of esters is 1. The quantitative estimate of drug-likeness (QED) is 0.642. The van der Waals surface area contributed by atoms with Gasteiger partial charge in [0.15, 0.2) is 0 Å². The maximum absolute atomic E-state index is 11.0. The van der Waals surface area contributed by atoms with Crippen molar-refractivity contribution in [2.45, 2.75) is 45.6 Å². The molecule has 72 valence electrons. The van der Waals surface area contributed by atoms with Crippen LogP contribution in [0.4, 0.5) is 0 Å². The predicted octanol–water partition coefficient (Wildman–Crippen LogP) is 1.49. The highest BCUT2D eigenvalue weighted by atomic mass is 16.6. The Hall–Kier alpha value is -0.570. The molecule has 0 radical (unpaired) electrons. The lowest BCUT2D eigenvalue weighted by atomic mass is 9.99. The second-order valence-corrected chi connectivity index (χ2v) is 3.10. The zero-order valence-electron chi connectivity index (χ0n) is 8.09. The summed E-state index contributed by atoms with van der Waals surface area (Å²) < 4.78 is 5.18. The van der Waals surface area contributed by atoms with Crippen LogP contribution in [0, 0.1) is 0 Å². The van der Waals surface area contributed by atoms with Crippen molar-refractivity contribution >= 4 is 5.97 Å². The van der Waals surface area contributed by atoms with Crippen LogP contribution in [0.1, 0.15) is 40.0 Å². The van der Waals surface area contributed by atoms with Crippen LogP contribution >= 0.6 is 0 Å². The Morgan fingerprint density at radius 1 is 1.50 bits per heavy atom. The predicted molar refractivity (Wildman–Crippen MR) is 46.8 cm³/mol. The van der Waals surface area contributed by atoms with Gasteiger partial charge in [0, 0.05) is 19.4 Å². The first kappa shape index (κ1) is 11.4. The molecule has 1 unspecified atom stereocenters. The Bertz CT molecular complexity index is 145. The van der Waals surface area contributed by atoms with Crippen molar-refractivity contribution in [3.05, 3.63) is 0 Å². The molecule has 0 saturated carbocycles. The van der Waals surface area contributed by atoms with Gasteiger partial charge in [0.1, 0.15) is 5.60 Å². The zero-order chi connectivity index (χ0) is 9.61. The largest absolute Gasteiger partial charge is 0.459 e. The third-order valence-electron chi connectivity index (χ3n) is 2.04. The molecule has 0 fully saturated rings. The van der Waals surface area contributed by atoms with Crippen LogP contribution in [0.2, 0.25) is 0 Å². The van der Waals surface area contributed by atoms with Gasteiger partial charge in [0.25, 0.3) is 0 Å². The van der Waals surface area contributed by atoms with Gasteiger partial charge in [-0.25, -0.2) is 0 Å². The molecule has 0 amide bonds. The summed E-state index contributed by atoms with van der Waals surface area (Å²) in [5.74, 6) is -0.201. The van der Waals surface area contributed by atoms with Crippen molar-refractivity contribution in [3.8, 4) is 0 Å². The van der Waals surface area contributed by atoms with Gasteiger partial charge in [-0.3, -0.25) is 4.79 Å². The Morgan fingerprint density at radius 3 is 2.42 bits per heavy atom. The van der Waals surface area contributed by atoms with Gasteiger partial charge < -0.3 is 9.84 Å². The van der Waals surface area contributed by atoms with Gasteiger partial charge in [0.2, 0.25) is 0 Å². The first-order valence-corrected chi connectivity index (χ1v) is 4.40. The highest BCUT2D eigenvalue weighted by Crippen LogP contribution is 2.19. The van der Waals surface area contributed by atoms with Crippen LogP contribution in [0.5, 0.6) is 0 Å². The molecule has 12 heavy (non-hydrogen) atoms. The Labute approximate surface area is 73.7 Å². The van der Waals surface area contributed by atoms with Crippen LogP contribution in [-0.4, -0.2) is 23.3 Å². The molecular weight excluding hydrogens is 156 g/mol. The number of aliphatic hydroxyl groups excluding tert-OH is 1. The number of ether oxygens (including phenoxy) is 1. The smallest absolute Gasteiger partial charge is 0.306 e. The average Bonchev–Trinajstić information content (AvgIpc) is 2.05. The highest BCUT2D eigenvalue weighted by Gasteiger charge is 2.25. The van der Waals surface area contributed by atoms with E-state index in [9.17, 15) is 4.79 Å². The van der Waals surface area contributed by atoms with Crippen molar-refractivity contribution in [1.29, 1.82) is 0 Å². The fourth-order valence-corrected chi connectivity index (χ4v) is 0.883. The summed E-state index contributed by atoms with van der Waals surface area (Å²) in [4.78, 5) is 11.0. The summed E-state index contributed by atoms with van der Waals surface area (Å²) in [5, 5.41) is 8.73. The second-order valence-electron chi connectivity index (χ2n) is 3.10. The molecule has 1 atom stereocenters. The van der Waals surface area contributed by atoms with E-state index >= 15 is 0 Å². The Kier molecular flexibility index (Phi) is 4.90. The summed E-state index contributed by atoms with van der Waals surface area (Å²) >= 11 is 0. The minimum Gasteiger partial charge on any atom is -0.459 e. The topological polar surface area (TPSA) is 46.5 Å². The number of hydrogen-bond acceptors (Lipinski definition) is 3. The number of carbonyl (C=O) groups is 1. The van der Waals surface area contributed by atoms with Gasteiger partial charge in [-0.15, -0.1) is 0 Å². The van der Waals surface area contributed by atoms with Gasteiger partial charge in [0.05, 0.1) is 0 Å². The average molecular weight is 174 g/mol. The minimum atomic E-state index is -0.484. The van der Waals surface area contributed by atoms with Crippen LogP contribution in [0.25, 0.3) is 0 Å². The van der Waals surface area contributed by atoms with E-state index in [0.29, 0.717) is 12.8 Å². The molecule has 3 heteroatoms. The van der Waals surface area contributed by atoms with E-state index in [0.717, 1.165) is 6.42 Å². The van der Waals surface area contributed by atoms with E-state index in [2.05, 4.69) is 0 Å². The van der Waals surface area contributed by atoms with E-state index in [1.165, 1.54) is 0 Å². The van der Waals surface area contributed by atoms with Crippen molar-refractivity contribution in [2.24, 2.45) is 0 Å². The number of rotatable bonds is 5. The van der Waals surface area contributed by atoms with E-state index in [4.69, 9.17) is 9.84 Å². The molecule has 0 saturated heterocycles. The Balaban J connectivity index is 4.03. The molecule has 0 aromatic rings. The van der Waals surface area contributed by atoms with Crippen molar-refractivity contribution in [2.75, 3.05) is 6.61 Å². The molecule has 0 aliphatic rings. The molecule has 1 N–H and O–H groups in total. The van der Waals surface area contributed by atoms with Crippen LogP contribution < -0.4 is 0 Å². The number of hydrogen-bond donors (Lipinski definition) is 1. The highest BCUT2D eigenvalue weighted by molar-refractivity contribution is 5.69. The standard InChI is InChI=1S/C9H18O3/c1-4-8(11)12-9(3,5-2)6-7-10/h10H,4-7H2,1-3H3. The third-order valence-corrected chi connectivity index (χ3v) is 2.04. The second kappa shape index (κ2) is 5.14. The molecule has 0 heterocycles. The SMILES string of the molecule is CCC(=O)OC(C)(CC)CCO.